The molecule has 72 valence electrons. The monoisotopic (exact) mass is 265 g/mol. The molecule has 2 nitrogen and oxygen atoms in total. The van der Waals surface area contributed by atoms with E-state index < -0.39 is 11.0 Å². The van der Waals surface area contributed by atoms with Crippen molar-refractivity contribution in [3.63, 3.8) is 0 Å². The molecule has 0 aliphatic heterocycles. The highest BCUT2D eigenvalue weighted by molar-refractivity contribution is 9.10. The molecule has 0 saturated carbocycles. The molecule has 1 aromatic rings. The summed E-state index contributed by atoms with van der Waals surface area (Å²) in [5.41, 5.74) is 0. The second-order valence-corrected chi connectivity index (χ2v) is 5.19. The highest BCUT2D eigenvalue weighted by atomic mass is 79.9. The van der Waals surface area contributed by atoms with E-state index in [-0.39, 0.29) is 5.82 Å². The van der Waals surface area contributed by atoms with E-state index in [1.165, 1.54) is 18.2 Å². The van der Waals surface area contributed by atoms with Gasteiger partial charge in [0.1, 0.15) is 16.8 Å². The standard InChI is InChI=1S/C8H9BrFNOS/c1-11(2)13(12)6-3-4-8(10)7(9)5-6/h3-5H,1-2H3. The topological polar surface area (TPSA) is 20.3 Å². The van der Waals surface area contributed by atoms with Gasteiger partial charge in [-0.15, -0.1) is 0 Å². The molecule has 0 saturated heterocycles. The summed E-state index contributed by atoms with van der Waals surface area (Å²) < 4.78 is 26.2. The smallest absolute Gasteiger partial charge is 0.137 e. The minimum atomic E-state index is -1.22. The van der Waals surface area contributed by atoms with Crippen LogP contribution in [0.4, 0.5) is 4.39 Å². The average Bonchev–Trinajstić information content (AvgIpc) is 2.08. The van der Waals surface area contributed by atoms with Crippen molar-refractivity contribution in [2.24, 2.45) is 0 Å². The van der Waals surface area contributed by atoms with Crippen LogP contribution in [0.15, 0.2) is 27.6 Å². The highest BCUT2D eigenvalue weighted by Gasteiger charge is 2.08. The largest absolute Gasteiger partial charge is 0.237 e. The van der Waals surface area contributed by atoms with E-state index in [0.29, 0.717) is 9.37 Å². The van der Waals surface area contributed by atoms with Crippen molar-refractivity contribution in [3.05, 3.63) is 28.5 Å². The van der Waals surface area contributed by atoms with E-state index in [4.69, 9.17) is 0 Å². The molecule has 0 aliphatic rings. The molecule has 0 aromatic heterocycles. The Morgan fingerprint density at radius 3 is 2.54 bits per heavy atom. The Balaban J connectivity index is 3.04. The molecule has 0 amide bonds. The van der Waals surface area contributed by atoms with Crippen molar-refractivity contribution in [2.75, 3.05) is 14.1 Å². The average molecular weight is 266 g/mol. The van der Waals surface area contributed by atoms with Crippen LogP contribution in [0, 0.1) is 5.82 Å². The third kappa shape index (κ3) is 2.59. The fourth-order valence-electron chi connectivity index (χ4n) is 0.796. The van der Waals surface area contributed by atoms with Crippen molar-refractivity contribution in [1.29, 1.82) is 0 Å². The summed E-state index contributed by atoms with van der Waals surface area (Å²) in [6, 6.07) is 4.32. The third-order valence-corrected chi connectivity index (χ3v) is 3.35. The SMILES string of the molecule is CN(C)S(=O)c1ccc(F)c(Br)c1. The maximum absolute atomic E-state index is 12.8. The summed E-state index contributed by atoms with van der Waals surface area (Å²) in [7, 11) is 2.19. The van der Waals surface area contributed by atoms with E-state index in [9.17, 15) is 8.60 Å². The minimum Gasteiger partial charge on any atom is -0.237 e. The summed E-state index contributed by atoms with van der Waals surface area (Å²) in [4.78, 5) is 0.582. The zero-order valence-electron chi connectivity index (χ0n) is 7.25. The molecule has 0 spiro atoms. The van der Waals surface area contributed by atoms with E-state index >= 15 is 0 Å². The number of rotatable bonds is 2. The van der Waals surface area contributed by atoms with Gasteiger partial charge in [-0.1, -0.05) is 0 Å². The van der Waals surface area contributed by atoms with Gasteiger partial charge in [0.15, 0.2) is 0 Å². The molecule has 5 heteroatoms. The highest BCUT2D eigenvalue weighted by Crippen LogP contribution is 2.19. The van der Waals surface area contributed by atoms with Crippen LogP contribution in [0.1, 0.15) is 0 Å². The van der Waals surface area contributed by atoms with Crippen LogP contribution in [-0.4, -0.2) is 22.6 Å². The van der Waals surface area contributed by atoms with Crippen LogP contribution in [0.5, 0.6) is 0 Å². The van der Waals surface area contributed by atoms with Gasteiger partial charge in [-0.25, -0.2) is 12.9 Å². The van der Waals surface area contributed by atoms with Gasteiger partial charge in [-0.2, -0.15) is 0 Å². The maximum Gasteiger partial charge on any atom is 0.137 e. The molecule has 13 heavy (non-hydrogen) atoms. The first-order valence-corrected chi connectivity index (χ1v) is 5.46. The molecule has 0 radical (unpaired) electrons. The molecule has 0 fully saturated rings. The van der Waals surface area contributed by atoms with E-state index in [2.05, 4.69) is 15.9 Å². The molecule has 0 heterocycles. The van der Waals surface area contributed by atoms with Gasteiger partial charge < -0.3 is 0 Å². The molecule has 0 bridgehead atoms. The predicted molar refractivity (Wildman–Crippen MR) is 54.2 cm³/mol. The Labute approximate surface area is 87.5 Å². The van der Waals surface area contributed by atoms with Crippen LogP contribution in [-0.2, 0) is 11.0 Å². The van der Waals surface area contributed by atoms with E-state index in [0.717, 1.165) is 0 Å². The van der Waals surface area contributed by atoms with Gasteiger partial charge >= 0.3 is 0 Å². The van der Waals surface area contributed by atoms with Crippen LogP contribution < -0.4 is 0 Å². The van der Waals surface area contributed by atoms with Crippen LogP contribution in [0.25, 0.3) is 0 Å². The lowest BCUT2D eigenvalue weighted by atomic mass is 10.3. The Kier molecular flexibility index (Phi) is 3.58. The summed E-state index contributed by atoms with van der Waals surface area (Å²) in [5.74, 6) is -0.348. The third-order valence-electron chi connectivity index (χ3n) is 1.42. The van der Waals surface area contributed by atoms with Gasteiger partial charge in [-0.3, -0.25) is 0 Å². The minimum absolute atomic E-state index is 0.334. The van der Waals surface area contributed by atoms with Gasteiger partial charge in [0.2, 0.25) is 0 Å². The fourth-order valence-corrected chi connectivity index (χ4v) is 2.15. The van der Waals surface area contributed by atoms with Crippen molar-refractivity contribution < 1.29 is 8.60 Å². The lowest BCUT2D eigenvalue weighted by Crippen LogP contribution is -2.15. The lowest BCUT2D eigenvalue weighted by Gasteiger charge is -2.09. The molecule has 0 aliphatic carbocycles. The van der Waals surface area contributed by atoms with E-state index in [1.807, 2.05) is 0 Å². The first kappa shape index (κ1) is 10.8. The number of benzene rings is 1. The first-order valence-electron chi connectivity index (χ1n) is 3.56. The summed E-state index contributed by atoms with van der Waals surface area (Å²) in [6.07, 6.45) is 0. The second-order valence-electron chi connectivity index (χ2n) is 2.64. The summed E-state index contributed by atoms with van der Waals surface area (Å²) in [6.45, 7) is 0. The molecule has 1 unspecified atom stereocenters. The van der Waals surface area contributed by atoms with Gasteiger partial charge in [0.05, 0.1) is 9.37 Å². The number of nitrogens with zero attached hydrogens (tertiary/aromatic N) is 1. The summed E-state index contributed by atoms with van der Waals surface area (Å²) >= 11 is 3.04. The molecular weight excluding hydrogens is 257 g/mol. The number of hydrogen-bond acceptors (Lipinski definition) is 1. The van der Waals surface area contributed by atoms with Crippen molar-refractivity contribution in [1.82, 2.24) is 4.31 Å². The Morgan fingerprint density at radius 2 is 2.08 bits per heavy atom. The van der Waals surface area contributed by atoms with Crippen molar-refractivity contribution in [3.8, 4) is 0 Å². The molecular formula is C8H9BrFNOS. The Hall–Kier alpha value is -0.260. The van der Waals surface area contributed by atoms with Crippen molar-refractivity contribution in [2.45, 2.75) is 4.90 Å². The Bertz CT molecular complexity index is 343. The number of halogens is 2. The van der Waals surface area contributed by atoms with Crippen LogP contribution in [0.3, 0.4) is 0 Å². The zero-order chi connectivity index (χ0) is 10.0. The van der Waals surface area contributed by atoms with Crippen molar-refractivity contribution >= 4 is 26.9 Å². The fraction of sp³-hybridized carbons (Fsp3) is 0.250. The molecule has 1 rings (SSSR count). The normalized spacial score (nSPS) is 13.3. The second kappa shape index (κ2) is 4.30. The Morgan fingerprint density at radius 1 is 1.46 bits per heavy atom. The van der Waals surface area contributed by atoms with Crippen LogP contribution >= 0.6 is 15.9 Å². The summed E-state index contributed by atoms with van der Waals surface area (Å²) in [5, 5.41) is 0. The van der Waals surface area contributed by atoms with Crippen LogP contribution in [0.2, 0.25) is 0 Å². The quantitative estimate of drug-likeness (QED) is 0.803. The van der Waals surface area contributed by atoms with Gasteiger partial charge in [0.25, 0.3) is 0 Å². The molecule has 0 N–H and O–H groups in total. The van der Waals surface area contributed by atoms with Gasteiger partial charge in [-0.05, 0) is 48.2 Å². The first-order chi connectivity index (χ1) is 6.02. The zero-order valence-corrected chi connectivity index (χ0v) is 9.65. The molecule has 1 aromatic carbocycles. The molecule has 1 atom stereocenters. The van der Waals surface area contributed by atoms with E-state index in [1.54, 1.807) is 18.4 Å². The lowest BCUT2D eigenvalue weighted by molar-refractivity contribution is 0.600. The maximum atomic E-state index is 12.8. The van der Waals surface area contributed by atoms with Gasteiger partial charge in [0, 0.05) is 0 Å². The predicted octanol–water partition coefficient (Wildman–Crippen LogP) is 2.17. The number of hydrogen-bond donors (Lipinski definition) is 0.